The second-order valence-corrected chi connectivity index (χ2v) is 16.2. The Balaban J connectivity index is 1.67. The minimum Gasteiger partial charge on any atom is -0.497 e. The molecule has 1 aromatic heterocycles. The predicted octanol–water partition coefficient (Wildman–Crippen LogP) is 6.42. The lowest BCUT2D eigenvalue weighted by atomic mass is 9.80. The first-order valence-electron chi connectivity index (χ1n) is 20.5. The van der Waals surface area contributed by atoms with Gasteiger partial charge in [0.05, 0.1) is 46.5 Å². The normalized spacial score (nSPS) is 18.3. The van der Waals surface area contributed by atoms with Crippen LogP contribution >= 0.6 is 8.53 Å². The first-order chi connectivity index (χ1) is 30.4. The number of H-pyrrole nitrogens is 1. The van der Waals surface area contributed by atoms with Crippen molar-refractivity contribution in [2.45, 2.75) is 90.2 Å². The van der Waals surface area contributed by atoms with Gasteiger partial charge in [0, 0.05) is 24.3 Å². The molecule has 1 aliphatic heterocycles. The van der Waals surface area contributed by atoms with Crippen molar-refractivity contribution in [2.75, 3.05) is 40.8 Å². The first kappa shape index (κ1) is 48.6. The molecule has 3 aromatic carbocycles. The number of rotatable bonds is 23. The van der Waals surface area contributed by atoms with Gasteiger partial charge in [-0.25, -0.2) is 14.3 Å². The molecule has 18 heteroatoms. The zero-order valence-corrected chi connectivity index (χ0v) is 37.7. The van der Waals surface area contributed by atoms with Crippen LogP contribution in [0.1, 0.15) is 70.9 Å². The highest BCUT2D eigenvalue weighted by Gasteiger charge is 2.52. The molecule has 0 bridgehead atoms. The van der Waals surface area contributed by atoms with Gasteiger partial charge in [-0.2, -0.15) is 5.26 Å². The standard InChI is InChI=1S/C45H56N5O12P/c1-9-56-43(52)32(6)48-59-29-57-41-40(62-63(60-27-13-25-46)50(30(2)3)31(4)5)38(61-42(41)49-26-24-39(51)47-44(49)53)28-58-45(33-14-11-10-12-15-33,34-16-20-36(54-7)21-17-34)35-18-22-37(55-8)23-19-35/h10-12,14-24,26,30-31,38,40-42H,9,13,27-29H2,1-8H3,(H,47,51,53)/b48-32+/t38-,40-,41-,42-,63?/m1/s1. The summed E-state index contributed by atoms with van der Waals surface area (Å²) in [6, 6.07) is 28.0. The Bertz CT molecular complexity index is 2190. The summed E-state index contributed by atoms with van der Waals surface area (Å²) in [5, 5.41) is 13.3. The molecule has 1 saturated heterocycles. The van der Waals surface area contributed by atoms with E-state index in [4.69, 9.17) is 42.3 Å². The Morgan fingerprint density at radius 2 is 1.52 bits per heavy atom. The number of carbonyl (C=O) groups is 1. The van der Waals surface area contributed by atoms with Crippen LogP contribution < -0.4 is 20.7 Å². The van der Waals surface area contributed by atoms with Crippen molar-refractivity contribution in [3.63, 3.8) is 0 Å². The molecule has 338 valence electrons. The van der Waals surface area contributed by atoms with Crippen LogP contribution in [-0.4, -0.2) is 97.1 Å². The van der Waals surface area contributed by atoms with Gasteiger partial charge in [0.1, 0.15) is 35.4 Å². The van der Waals surface area contributed by atoms with Crippen LogP contribution in [-0.2, 0) is 43.2 Å². The average Bonchev–Trinajstić information content (AvgIpc) is 3.61. The van der Waals surface area contributed by atoms with E-state index >= 15 is 0 Å². The summed E-state index contributed by atoms with van der Waals surface area (Å²) >= 11 is 0. The third-order valence-corrected chi connectivity index (χ3v) is 12.1. The van der Waals surface area contributed by atoms with E-state index in [0.717, 1.165) is 16.7 Å². The SMILES string of the molecule is CCOC(=O)/C(C)=N/OCO[C@@H]1[C@H](OP(OCCC#N)N(C(C)C)C(C)C)[C@@H](COC(c2ccccc2)(c2ccc(OC)cc2)c2ccc(OC)cc2)O[C@H]1n1ccc(=O)[nH]c1=O. The third-order valence-electron chi connectivity index (χ3n) is 10.0. The second-order valence-electron chi connectivity index (χ2n) is 14.8. The molecule has 0 radical (unpaired) electrons. The highest BCUT2D eigenvalue weighted by molar-refractivity contribution is 7.44. The van der Waals surface area contributed by atoms with E-state index in [1.807, 2.05) is 111 Å². The number of hydrogen-bond donors (Lipinski definition) is 1. The maximum atomic E-state index is 13.5. The fourth-order valence-corrected chi connectivity index (χ4v) is 8.95. The van der Waals surface area contributed by atoms with Gasteiger partial charge in [-0.05, 0) is 82.5 Å². The highest BCUT2D eigenvalue weighted by Crippen LogP contribution is 2.51. The van der Waals surface area contributed by atoms with Gasteiger partial charge in [0.15, 0.2) is 11.9 Å². The van der Waals surface area contributed by atoms with Gasteiger partial charge in [0.25, 0.3) is 14.1 Å². The molecule has 1 N–H and O–H groups in total. The summed E-state index contributed by atoms with van der Waals surface area (Å²) in [6.45, 7) is 10.6. The quantitative estimate of drug-likeness (QED) is 0.0163. The molecule has 0 aliphatic carbocycles. The number of ether oxygens (including phenoxy) is 6. The Hall–Kier alpha value is -5.44. The van der Waals surface area contributed by atoms with Crippen LogP contribution in [0.4, 0.5) is 0 Å². The molecular weight excluding hydrogens is 833 g/mol. The van der Waals surface area contributed by atoms with E-state index < -0.39 is 62.7 Å². The van der Waals surface area contributed by atoms with Crippen molar-refractivity contribution in [1.82, 2.24) is 14.2 Å². The monoisotopic (exact) mass is 889 g/mol. The summed E-state index contributed by atoms with van der Waals surface area (Å²) in [5.41, 5.74) is -0.420. The molecule has 63 heavy (non-hydrogen) atoms. The molecule has 5 atom stereocenters. The van der Waals surface area contributed by atoms with Crippen LogP contribution in [0.25, 0.3) is 0 Å². The summed E-state index contributed by atoms with van der Waals surface area (Å²) in [6.07, 6.45) is -3.06. The van der Waals surface area contributed by atoms with Crippen LogP contribution in [0.5, 0.6) is 11.5 Å². The molecule has 5 rings (SSSR count). The zero-order chi connectivity index (χ0) is 45.5. The minimum atomic E-state index is -1.94. The van der Waals surface area contributed by atoms with Gasteiger partial charge in [-0.1, -0.05) is 59.8 Å². The third kappa shape index (κ3) is 12.0. The fraction of sp³-hybridized carbons (Fsp3) is 0.444. The van der Waals surface area contributed by atoms with Crippen molar-refractivity contribution < 1.29 is 47.1 Å². The van der Waals surface area contributed by atoms with Crippen LogP contribution in [0.15, 0.2) is 106 Å². The number of esters is 1. The van der Waals surface area contributed by atoms with Crippen molar-refractivity contribution >= 4 is 20.2 Å². The van der Waals surface area contributed by atoms with E-state index in [-0.39, 0.29) is 44.0 Å². The van der Waals surface area contributed by atoms with E-state index in [2.05, 4.69) is 16.2 Å². The Morgan fingerprint density at radius 1 is 0.921 bits per heavy atom. The van der Waals surface area contributed by atoms with E-state index in [1.54, 1.807) is 21.1 Å². The van der Waals surface area contributed by atoms with Gasteiger partial charge < -0.3 is 42.3 Å². The molecule has 0 spiro atoms. The van der Waals surface area contributed by atoms with Crippen molar-refractivity contribution in [1.29, 1.82) is 5.26 Å². The van der Waals surface area contributed by atoms with Crippen molar-refractivity contribution in [2.24, 2.45) is 5.16 Å². The van der Waals surface area contributed by atoms with Crippen LogP contribution in [0, 0.1) is 11.3 Å². The molecule has 1 fully saturated rings. The summed E-state index contributed by atoms with van der Waals surface area (Å²) in [5.74, 6) is 0.618. The lowest BCUT2D eigenvalue weighted by molar-refractivity contribution is -0.141. The summed E-state index contributed by atoms with van der Waals surface area (Å²) < 4.78 is 53.1. The van der Waals surface area contributed by atoms with E-state index in [1.165, 1.54) is 23.8 Å². The van der Waals surface area contributed by atoms with E-state index in [9.17, 15) is 19.6 Å². The number of nitrogens with one attached hydrogen (secondary N) is 1. The molecule has 1 aliphatic rings. The Kier molecular flexibility index (Phi) is 18.0. The lowest BCUT2D eigenvalue weighted by Gasteiger charge is -2.39. The number of carbonyl (C=O) groups excluding carboxylic acids is 1. The number of aromatic amines is 1. The second kappa shape index (κ2) is 23.3. The predicted molar refractivity (Wildman–Crippen MR) is 234 cm³/mol. The first-order valence-corrected chi connectivity index (χ1v) is 21.7. The topological polar surface area (TPSA) is 194 Å². The smallest absolute Gasteiger partial charge is 0.355 e. The number of nitrogens with zero attached hydrogens (tertiary/aromatic N) is 4. The van der Waals surface area contributed by atoms with Crippen molar-refractivity contribution in [3.8, 4) is 17.6 Å². The van der Waals surface area contributed by atoms with Gasteiger partial charge in [0.2, 0.25) is 6.79 Å². The molecule has 1 unspecified atom stereocenters. The van der Waals surface area contributed by atoms with Gasteiger partial charge >= 0.3 is 11.7 Å². The maximum Gasteiger partial charge on any atom is 0.355 e. The van der Waals surface area contributed by atoms with Gasteiger partial charge in [-0.15, -0.1) is 0 Å². The number of methoxy groups -OCH3 is 2. The fourth-order valence-electron chi connectivity index (χ4n) is 7.18. The summed E-state index contributed by atoms with van der Waals surface area (Å²) in [7, 11) is 1.25. The van der Waals surface area contributed by atoms with Crippen LogP contribution in [0.2, 0.25) is 0 Å². The molecule has 0 amide bonds. The molecule has 17 nitrogen and oxygen atoms in total. The van der Waals surface area contributed by atoms with Crippen molar-refractivity contribution in [3.05, 3.63) is 129 Å². The zero-order valence-electron chi connectivity index (χ0n) is 36.8. The molecule has 0 saturated carbocycles. The van der Waals surface area contributed by atoms with Crippen LogP contribution in [0.3, 0.4) is 0 Å². The lowest BCUT2D eigenvalue weighted by Crippen LogP contribution is -2.43. The van der Waals surface area contributed by atoms with Gasteiger partial charge in [-0.3, -0.25) is 14.3 Å². The number of nitriles is 1. The molecular formula is C45H56N5O12P. The van der Waals surface area contributed by atoms with E-state index in [0.29, 0.717) is 11.5 Å². The largest absolute Gasteiger partial charge is 0.497 e. The number of hydrogen-bond acceptors (Lipinski definition) is 15. The Morgan fingerprint density at radius 3 is 2.06 bits per heavy atom. The highest BCUT2D eigenvalue weighted by atomic mass is 31.2. The number of benzene rings is 3. The molecule has 4 aromatic rings. The molecule has 2 heterocycles. The minimum absolute atomic E-state index is 0.0520. The Labute approximate surface area is 368 Å². The number of aromatic nitrogens is 2. The number of oxime groups is 1. The maximum absolute atomic E-state index is 13.5. The average molecular weight is 890 g/mol. The summed E-state index contributed by atoms with van der Waals surface area (Å²) in [4.78, 5) is 45.8.